The van der Waals surface area contributed by atoms with E-state index < -0.39 is 0 Å². The first kappa shape index (κ1) is 22.0. The highest BCUT2D eigenvalue weighted by Crippen LogP contribution is 2.06. The number of halogens is 1. The summed E-state index contributed by atoms with van der Waals surface area (Å²) in [5, 5.41) is 6.03. The van der Waals surface area contributed by atoms with Crippen molar-refractivity contribution in [2.24, 2.45) is 4.99 Å². The van der Waals surface area contributed by atoms with Gasteiger partial charge in [-0.2, -0.15) is 0 Å². The maximum atomic E-state index is 11.7. The number of carbonyl (C=O) groups is 1. The molecule has 0 saturated carbocycles. The molecule has 140 valence electrons. The summed E-state index contributed by atoms with van der Waals surface area (Å²) >= 11 is 0. The molecular weight excluding hydrogens is 439 g/mol. The molecule has 0 aromatic heterocycles. The highest BCUT2D eigenvalue weighted by atomic mass is 127. The van der Waals surface area contributed by atoms with E-state index in [1.807, 2.05) is 61.5 Å². The quantitative estimate of drug-likeness (QED) is 0.391. The average molecular weight is 466 g/mol. The first-order valence-corrected chi connectivity index (χ1v) is 8.40. The molecule has 0 heterocycles. The number of nitrogens with one attached hydrogen (secondary N) is 2. The third kappa shape index (κ3) is 7.03. The Hall–Kier alpha value is -2.09. The van der Waals surface area contributed by atoms with Gasteiger partial charge in [0.05, 0.1) is 6.54 Å². The molecule has 0 aliphatic rings. The van der Waals surface area contributed by atoms with Crippen LogP contribution in [0.5, 0.6) is 0 Å². The molecule has 0 bridgehead atoms. The van der Waals surface area contributed by atoms with Gasteiger partial charge in [-0.3, -0.25) is 4.79 Å². The zero-order valence-electron chi connectivity index (χ0n) is 15.5. The van der Waals surface area contributed by atoms with Gasteiger partial charge >= 0.3 is 0 Å². The van der Waals surface area contributed by atoms with Crippen molar-refractivity contribution in [1.29, 1.82) is 0 Å². The first-order chi connectivity index (χ1) is 12.1. The number of carbonyl (C=O) groups excluding carboxylic acids is 1. The van der Waals surface area contributed by atoms with Gasteiger partial charge in [0.15, 0.2) is 5.96 Å². The molecule has 0 aliphatic heterocycles. The third-order valence-corrected chi connectivity index (χ3v) is 3.79. The van der Waals surface area contributed by atoms with Gasteiger partial charge in [0.1, 0.15) is 0 Å². The van der Waals surface area contributed by atoms with Crippen LogP contribution in [0.1, 0.15) is 21.5 Å². The fraction of sp³-hybridized carbons (Fsp3) is 0.300. The molecule has 0 fully saturated rings. The van der Waals surface area contributed by atoms with Crippen LogP contribution in [0.15, 0.2) is 59.6 Å². The Morgan fingerprint density at radius 2 is 1.73 bits per heavy atom. The summed E-state index contributed by atoms with van der Waals surface area (Å²) in [4.78, 5) is 18.3. The predicted octanol–water partition coefficient (Wildman–Crippen LogP) is 2.91. The van der Waals surface area contributed by atoms with Crippen molar-refractivity contribution < 1.29 is 4.79 Å². The fourth-order valence-electron chi connectivity index (χ4n) is 2.44. The van der Waals surface area contributed by atoms with Gasteiger partial charge < -0.3 is 15.5 Å². The molecule has 0 unspecified atom stereocenters. The highest BCUT2D eigenvalue weighted by Gasteiger charge is 2.05. The zero-order chi connectivity index (χ0) is 18.1. The Kier molecular flexibility index (Phi) is 9.72. The Morgan fingerprint density at radius 1 is 1.04 bits per heavy atom. The fourth-order valence-corrected chi connectivity index (χ4v) is 2.44. The standard InChI is InChI=1S/C20H26N4O.HI/c1-21-19(25)18-11-7-10-16(14-18)12-13-22-20(24(2)3)23-15-17-8-5-4-6-9-17;/h4-11,14H,12-13,15H2,1-3H3,(H,21,25)(H,22,23);1H. The first-order valence-electron chi connectivity index (χ1n) is 8.40. The molecule has 26 heavy (non-hydrogen) atoms. The van der Waals surface area contributed by atoms with Gasteiger partial charge in [0, 0.05) is 33.3 Å². The van der Waals surface area contributed by atoms with E-state index >= 15 is 0 Å². The van der Waals surface area contributed by atoms with Gasteiger partial charge in [0.25, 0.3) is 5.91 Å². The van der Waals surface area contributed by atoms with Crippen LogP contribution in [-0.4, -0.2) is 44.5 Å². The van der Waals surface area contributed by atoms with E-state index in [2.05, 4.69) is 27.8 Å². The van der Waals surface area contributed by atoms with Crippen molar-refractivity contribution in [3.8, 4) is 0 Å². The predicted molar refractivity (Wildman–Crippen MR) is 118 cm³/mol. The minimum absolute atomic E-state index is 0. The van der Waals surface area contributed by atoms with Gasteiger partial charge in [-0.05, 0) is 29.7 Å². The summed E-state index contributed by atoms with van der Waals surface area (Å²) in [6.07, 6.45) is 0.822. The molecule has 2 rings (SSSR count). The molecular formula is C20H27IN4O. The summed E-state index contributed by atoms with van der Waals surface area (Å²) in [5.74, 6) is 0.791. The van der Waals surface area contributed by atoms with Crippen LogP contribution in [0.25, 0.3) is 0 Å². The number of amides is 1. The molecule has 2 N–H and O–H groups in total. The van der Waals surface area contributed by atoms with E-state index in [1.165, 1.54) is 5.56 Å². The number of hydrogen-bond acceptors (Lipinski definition) is 2. The normalized spacial score (nSPS) is 10.7. The van der Waals surface area contributed by atoms with Gasteiger partial charge in [-0.15, -0.1) is 24.0 Å². The van der Waals surface area contributed by atoms with Crippen LogP contribution in [-0.2, 0) is 13.0 Å². The lowest BCUT2D eigenvalue weighted by molar-refractivity contribution is 0.0963. The number of hydrogen-bond donors (Lipinski definition) is 2. The monoisotopic (exact) mass is 466 g/mol. The molecule has 2 aromatic rings. The van der Waals surface area contributed by atoms with Crippen molar-refractivity contribution in [3.05, 3.63) is 71.3 Å². The van der Waals surface area contributed by atoms with Crippen molar-refractivity contribution in [2.75, 3.05) is 27.7 Å². The van der Waals surface area contributed by atoms with E-state index in [1.54, 1.807) is 7.05 Å². The largest absolute Gasteiger partial charge is 0.356 e. The summed E-state index contributed by atoms with van der Waals surface area (Å²) in [5.41, 5.74) is 2.99. The van der Waals surface area contributed by atoms with Crippen LogP contribution < -0.4 is 10.6 Å². The maximum Gasteiger partial charge on any atom is 0.251 e. The second-order valence-electron chi connectivity index (χ2n) is 5.98. The smallest absolute Gasteiger partial charge is 0.251 e. The lowest BCUT2D eigenvalue weighted by atomic mass is 10.1. The topological polar surface area (TPSA) is 56.7 Å². The molecule has 0 radical (unpaired) electrons. The molecule has 5 nitrogen and oxygen atoms in total. The van der Waals surface area contributed by atoms with Gasteiger partial charge in [-0.1, -0.05) is 42.5 Å². The molecule has 0 aliphatic carbocycles. The summed E-state index contributed by atoms with van der Waals surface area (Å²) in [6, 6.07) is 17.9. The molecule has 6 heteroatoms. The Labute approximate surface area is 172 Å². The minimum Gasteiger partial charge on any atom is -0.356 e. The van der Waals surface area contributed by atoms with Crippen LogP contribution >= 0.6 is 24.0 Å². The van der Waals surface area contributed by atoms with Crippen LogP contribution in [0.3, 0.4) is 0 Å². The Bertz CT molecular complexity index is 717. The summed E-state index contributed by atoms with van der Waals surface area (Å²) < 4.78 is 0. The lowest BCUT2D eigenvalue weighted by Gasteiger charge is -2.18. The zero-order valence-corrected chi connectivity index (χ0v) is 17.9. The van der Waals surface area contributed by atoms with Gasteiger partial charge in [0.2, 0.25) is 0 Å². The number of nitrogens with zero attached hydrogens (tertiary/aromatic N) is 2. The Balaban J connectivity index is 0.00000338. The average Bonchev–Trinajstić information content (AvgIpc) is 2.64. The molecule has 1 amide bonds. The molecule has 2 aromatic carbocycles. The number of rotatable bonds is 6. The lowest BCUT2D eigenvalue weighted by Crippen LogP contribution is -2.37. The van der Waals surface area contributed by atoms with Crippen LogP contribution in [0, 0.1) is 0 Å². The summed E-state index contributed by atoms with van der Waals surface area (Å²) in [7, 11) is 5.59. The second kappa shape index (κ2) is 11.5. The van der Waals surface area contributed by atoms with E-state index in [4.69, 9.17) is 0 Å². The van der Waals surface area contributed by atoms with E-state index in [9.17, 15) is 4.79 Å². The molecule has 0 atom stereocenters. The van der Waals surface area contributed by atoms with Crippen LogP contribution in [0.2, 0.25) is 0 Å². The van der Waals surface area contributed by atoms with Crippen molar-refractivity contribution in [2.45, 2.75) is 13.0 Å². The Morgan fingerprint density at radius 3 is 2.38 bits per heavy atom. The SMILES string of the molecule is CNC(=O)c1cccc(CCNC(=NCc2ccccc2)N(C)C)c1.I. The molecule has 0 spiro atoms. The number of guanidine groups is 1. The maximum absolute atomic E-state index is 11.7. The van der Waals surface area contributed by atoms with Gasteiger partial charge in [-0.25, -0.2) is 4.99 Å². The molecule has 0 saturated heterocycles. The summed E-state index contributed by atoms with van der Waals surface area (Å²) in [6.45, 7) is 1.40. The third-order valence-electron chi connectivity index (χ3n) is 3.79. The van der Waals surface area contributed by atoms with Crippen molar-refractivity contribution in [3.63, 3.8) is 0 Å². The van der Waals surface area contributed by atoms with E-state index in [-0.39, 0.29) is 29.9 Å². The van der Waals surface area contributed by atoms with E-state index in [0.717, 1.165) is 24.5 Å². The second-order valence-corrected chi connectivity index (χ2v) is 5.98. The van der Waals surface area contributed by atoms with Crippen LogP contribution in [0.4, 0.5) is 0 Å². The van der Waals surface area contributed by atoms with Crippen molar-refractivity contribution in [1.82, 2.24) is 15.5 Å². The number of aliphatic imine (C=N–C) groups is 1. The number of benzene rings is 2. The minimum atomic E-state index is -0.0618. The van der Waals surface area contributed by atoms with Crippen molar-refractivity contribution >= 4 is 35.8 Å². The highest BCUT2D eigenvalue weighted by molar-refractivity contribution is 14.0. The van der Waals surface area contributed by atoms with E-state index in [0.29, 0.717) is 12.1 Å².